The van der Waals surface area contributed by atoms with Crippen LogP contribution in [0.3, 0.4) is 0 Å². The van der Waals surface area contributed by atoms with Crippen molar-refractivity contribution in [1.29, 1.82) is 0 Å². The van der Waals surface area contributed by atoms with Crippen molar-refractivity contribution in [2.24, 2.45) is 5.92 Å². The Labute approximate surface area is 112 Å². The first-order valence-electron chi connectivity index (χ1n) is 7.50. The molecule has 1 N–H and O–H groups in total. The summed E-state index contributed by atoms with van der Waals surface area (Å²) in [6, 6.07) is 0. The molecule has 2 fully saturated rings. The van der Waals surface area contributed by atoms with Crippen molar-refractivity contribution >= 4 is 0 Å². The summed E-state index contributed by atoms with van der Waals surface area (Å²) < 4.78 is 6.13. The summed E-state index contributed by atoms with van der Waals surface area (Å²) in [5, 5.41) is 3.45. The van der Waals surface area contributed by atoms with Gasteiger partial charge in [-0.3, -0.25) is 4.90 Å². The predicted octanol–water partition coefficient (Wildman–Crippen LogP) is 2.27. The molecule has 0 aromatic heterocycles. The summed E-state index contributed by atoms with van der Waals surface area (Å²) in [6.07, 6.45) is 4.07. The minimum Gasteiger partial charge on any atom is -0.367 e. The summed E-state index contributed by atoms with van der Waals surface area (Å²) in [4.78, 5) is 2.60. The van der Waals surface area contributed by atoms with Gasteiger partial charge in [-0.25, -0.2) is 0 Å². The van der Waals surface area contributed by atoms with Crippen molar-refractivity contribution in [1.82, 2.24) is 10.2 Å². The first-order chi connectivity index (χ1) is 8.36. The van der Waals surface area contributed by atoms with Gasteiger partial charge in [-0.1, -0.05) is 0 Å². The zero-order valence-corrected chi connectivity index (χ0v) is 12.6. The second kappa shape index (κ2) is 5.48. The largest absolute Gasteiger partial charge is 0.367 e. The van der Waals surface area contributed by atoms with Gasteiger partial charge >= 0.3 is 0 Å². The zero-order valence-electron chi connectivity index (χ0n) is 12.6. The molecule has 0 amide bonds. The molecule has 0 unspecified atom stereocenters. The van der Waals surface area contributed by atoms with Gasteiger partial charge in [0.05, 0.1) is 11.2 Å². The Bertz CT molecular complexity index is 254. The lowest BCUT2D eigenvalue weighted by molar-refractivity contribution is -0.180. The Morgan fingerprint density at radius 2 is 1.61 bits per heavy atom. The second-order valence-electron chi connectivity index (χ2n) is 7.31. The third kappa shape index (κ3) is 4.22. The minimum atomic E-state index is -0.00410. The van der Waals surface area contributed by atoms with Gasteiger partial charge < -0.3 is 10.1 Å². The van der Waals surface area contributed by atoms with Gasteiger partial charge in [-0.15, -0.1) is 0 Å². The molecule has 2 heterocycles. The van der Waals surface area contributed by atoms with Crippen molar-refractivity contribution in [2.45, 2.75) is 58.2 Å². The van der Waals surface area contributed by atoms with Crippen LogP contribution in [0.4, 0.5) is 0 Å². The fourth-order valence-corrected chi connectivity index (χ4v) is 3.64. The summed E-state index contributed by atoms with van der Waals surface area (Å²) in [7, 11) is 0. The number of ether oxygens (including phenoxy) is 1. The molecule has 0 aromatic rings. The monoisotopic (exact) mass is 254 g/mol. The van der Waals surface area contributed by atoms with Crippen molar-refractivity contribution in [3.63, 3.8) is 0 Å². The number of rotatable bonds is 3. The fourth-order valence-electron chi connectivity index (χ4n) is 3.64. The van der Waals surface area contributed by atoms with E-state index in [1.807, 2.05) is 0 Å². The molecule has 2 aliphatic heterocycles. The van der Waals surface area contributed by atoms with E-state index in [9.17, 15) is 0 Å². The van der Waals surface area contributed by atoms with Crippen molar-refractivity contribution in [3.8, 4) is 0 Å². The number of hydrogen-bond donors (Lipinski definition) is 1. The van der Waals surface area contributed by atoms with Gasteiger partial charge in [0.25, 0.3) is 0 Å². The van der Waals surface area contributed by atoms with E-state index < -0.39 is 0 Å². The van der Waals surface area contributed by atoms with Crippen LogP contribution < -0.4 is 5.32 Å². The molecule has 0 radical (unpaired) electrons. The summed E-state index contributed by atoms with van der Waals surface area (Å²) in [5.74, 6) is 0.931. The highest BCUT2D eigenvalue weighted by atomic mass is 16.5. The third-order valence-electron chi connectivity index (χ3n) is 4.07. The standard InChI is InChI=1S/C15H30N2O/c1-14(2)11-17(12-15(3,4)18-14)10-7-13-5-8-16-9-6-13/h13,16H,5-12H2,1-4H3. The maximum absolute atomic E-state index is 6.13. The molecule has 0 aromatic carbocycles. The van der Waals surface area contributed by atoms with Crippen LogP contribution in [0.2, 0.25) is 0 Å². The van der Waals surface area contributed by atoms with Crippen LogP contribution in [-0.4, -0.2) is 48.8 Å². The third-order valence-corrected chi connectivity index (χ3v) is 4.07. The fraction of sp³-hybridized carbons (Fsp3) is 1.00. The highest BCUT2D eigenvalue weighted by Crippen LogP contribution is 2.28. The van der Waals surface area contributed by atoms with E-state index in [2.05, 4.69) is 37.9 Å². The van der Waals surface area contributed by atoms with Crippen LogP contribution in [0.5, 0.6) is 0 Å². The Morgan fingerprint density at radius 3 is 2.17 bits per heavy atom. The van der Waals surface area contributed by atoms with E-state index in [0.29, 0.717) is 0 Å². The molecule has 0 bridgehead atoms. The zero-order chi connectivity index (χ0) is 13.2. The van der Waals surface area contributed by atoms with Crippen molar-refractivity contribution in [3.05, 3.63) is 0 Å². The summed E-state index contributed by atoms with van der Waals surface area (Å²) in [6.45, 7) is 14.7. The number of morpholine rings is 1. The van der Waals surface area contributed by atoms with Crippen LogP contribution in [0, 0.1) is 5.92 Å². The van der Waals surface area contributed by atoms with Crippen LogP contribution in [0.25, 0.3) is 0 Å². The molecular weight excluding hydrogens is 224 g/mol. The van der Waals surface area contributed by atoms with Crippen LogP contribution >= 0.6 is 0 Å². The van der Waals surface area contributed by atoms with E-state index in [0.717, 1.165) is 19.0 Å². The van der Waals surface area contributed by atoms with Gasteiger partial charge in [0, 0.05) is 13.1 Å². The van der Waals surface area contributed by atoms with E-state index in [-0.39, 0.29) is 11.2 Å². The maximum Gasteiger partial charge on any atom is 0.0760 e. The Morgan fingerprint density at radius 1 is 1.06 bits per heavy atom. The van der Waals surface area contributed by atoms with Gasteiger partial charge in [0.15, 0.2) is 0 Å². The number of nitrogens with one attached hydrogen (secondary N) is 1. The second-order valence-corrected chi connectivity index (χ2v) is 7.31. The van der Waals surface area contributed by atoms with Crippen LogP contribution in [0.1, 0.15) is 47.0 Å². The van der Waals surface area contributed by atoms with Gasteiger partial charge in [0.2, 0.25) is 0 Å². The van der Waals surface area contributed by atoms with E-state index >= 15 is 0 Å². The molecule has 2 rings (SSSR count). The number of piperidine rings is 1. The van der Waals surface area contributed by atoms with Crippen molar-refractivity contribution in [2.75, 3.05) is 32.7 Å². The molecule has 0 aliphatic carbocycles. The lowest BCUT2D eigenvalue weighted by Gasteiger charge is -2.47. The van der Waals surface area contributed by atoms with E-state index in [1.165, 1.54) is 38.9 Å². The van der Waals surface area contributed by atoms with Gasteiger partial charge in [-0.2, -0.15) is 0 Å². The Balaban J connectivity index is 1.81. The molecular formula is C15H30N2O. The lowest BCUT2D eigenvalue weighted by atomic mass is 9.93. The Kier molecular flexibility index (Phi) is 4.35. The predicted molar refractivity (Wildman–Crippen MR) is 75.9 cm³/mol. The van der Waals surface area contributed by atoms with Gasteiger partial charge in [0.1, 0.15) is 0 Å². The molecule has 3 nitrogen and oxygen atoms in total. The average molecular weight is 254 g/mol. The first kappa shape index (κ1) is 14.3. The van der Waals surface area contributed by atoms with E-state index in [1.54, 1.807) is 0 Å². The first-order valence-corrected chi connectivity index (χ1v) is 7.50. The van der Waals surface area contributed by atoms with Crippen LogP contribution in [0.15, 0.2) is 0 Å². The number of nitrogens with zero attached hydrogens (tertiary/aromatic N) is 1. The Hall–Kier alpha value is -0.120. The highest BCUT2D eigenvalue weighted by Gasteiger charge is 2.37. The minimum absolute atomic E-state index is 0.00410. The summed E-state index contributed by atoms with van der Waals surface area (Å²) >= 11 is 0. The smallest absolute Gasteiger partial charge is 0.0760 e. The molecule has 106 valence electrons. The molecule has 0 atom stereocenters. The number of hydrogen-bond acceptors (Lipinski definition) is 3. The molecule has 0 saturated carbocycles. The lowest BCUT2D eigenvalue weighted by Crippen LogP contribution is -2.57. The molecule has 18 heavy (non-hydrogen) atoms. The highest BCUT2D eigenvalue weighted by molar-refractivity contribution is 4.89. The van der Waals surface area contributed by atoms with Crippen molar-refractivity contribution < 1.29 is 4.74 Å². The van der Waals surface area contributed by atoms with Gasteiger partial charge in [-0.05, 0) is 72.5 Å². The maximum atomic E-state index is 6.13. The topological polar surface area (TPSA) is 24.5 Å². The normalized spacial score (nSPS) is 29.3. The molecule has 3 heteroatoms. The average Bonchev–Trinajstić information content (AvgIpc) is 2.24. The molecule has 2 aliphatic rings. The van der Waals surface area contributed by atoms with Crippen LogP contribution in [-0.2, 0) is 4.74 Å². The SMILES string of the molecule is CC1(C)CN(CCC2CCNCC2)CC(C)(C)O1. The molecule has 0 spiro atoms. The summed E-state index contributed by atoms with van der Waals surface area (Å²) in [5.41, 5.74) is -0.00819. The van der Waals surface area contributed by atoms with E-state index in [4.69, 9.17) is 4.74 Å². The quantitative estimate of drug-likeness (QED) is 0.836. The molecule has 2 saturated heterocycles.